The van der Waals surface area contributed by atoms with Gasteiger partial charge in [0.2, 0.25) is 0 Å². The van der Waals surface area contributed by atoms with E-state index in [1.165, 1.54) is 30.5 Å². The average molecular weight is 545 g/mol. The number of anilines is 2. The zero-order valence-electron chi connectivity index (χ0n) is 13.3. The van der Waals surface area contributed by atoms with Crippen molar-refractivity contribution in [1.82, 2.24) is 9.71 Å². The number of alkyl halides is 3. The molecule has 0 aliphatic heterocycles. The Hall–Kier alpha value is -2.00. The van der Waals surface area contributed by atoms with Crippen LogP contribution in [-0.2, 0) is 10.0 Å². The molecule has 28 heavy (non-hydrogen) atoms. The summed E-state index contributed by atoms with van der Waals surface area (Å²) in [6.07, 6.45) is 1.39. The van der Waals surface area contributed by atoms with Gasteiger partial charge in [-0.25, -0.2) is 14.1 Å². The smallest absolute Gasteiger partial charge is 0.344 e. The second-order valence-electron chi connectivity index (χ2n) is 5.29. The minimum atomic E-state index is -5.91. The van der Waals surface area contributed by atoms with E-state index in [1.807, 2.05) is 22.6 Å². The average Bonchev–Trinajstić information content (AvgIpc) is 2.94. The summed E-state index contributed by atoms with van der Waals surface area (Å²) in [4.78, 5) is 16.6. The predicted molar refractivity (Wildman–Crippen MR) is 104 cm³/mol. The Morgan fingerprint density at radius 3 is 2.57 bits per heavy atom. The Balaban J connectivity index is 2.08. The van der Waals surface area contributed by atoms with Crippen molar-refractivity contribution < 1.29 is 30.8 Å². The van der Waals surface area contributed by atoms with Crippen molar-refractivity contribution in [2.75, 3.05) is 5.32 Å². The first kappa shape index (κ1) is 20.7. The molecule has 2 N–H and O–H groups in total. The number of amides is 1. The number of hydrogen-bond acceptors (Lipinski definition) is 6. The summed E-state index contributed by atoms with van der Waals surface area (Å²) in [5, 5.41) is 2.70. The van der Waals surface area contributed by atoms with E-state index in [0.29, 0.717) is 3.57 Å². The van der Waals surface area contributed by atoms with Crippen molar-refractivity contribution >= 4 is 70.8 Å². The van der Waals surface area contributed by atoms with Crippen molar-refractivity contribution in [3.8, 4) is 0 Å². The third-order valence-corrected chi connectivity index (χ3v) is 6.17. The van der Waals surface area contributed by atoms with Crippen LogP contribution in [0.5, 0.6) is 0 Å². The monoisotopic (exact) mass is 545 g/mol. The van der Waals surface area contributed by atoms with Gasteiger partial charge in [-0.15, -0.1) is 0 Å². The Kier molecular flexibility index (Phi) is 5.51. The van der Waals surface area contributed by atoms with Crippen LogP contribution < -0.4 is 10.0 Å². The van der Waals surface area contributed by atoms with Gasteiger partial charge < -0.3 is 5.32 Å². The summed E-state index contributed by atoms with van der Waals surface area (Å²) < 4.78 is 76.2. The molecule has 13 heteroatoms. The summed E-state index contributed by atoms with van der Waals surface area (Å²) in [5.74, 6) is -2.17. The van der Waals surface area contributed by atoms with Crippen LogP contribution in [0.25, 0.3) is 10.2 Å². The van der Waals surface area contributed by atoms with E-state index in [9.17, 15) is 30.8 Å². The molecule has 0 spiro atoms. The topological polar surface area (TPSA) is 88.2 Å². The molecular weight excluding hydrogens is 537 g/mol. The van der Waals surface area contributed by atoms with E-state index in [2.05, 4.69) is 10.3 Å². The highest BCUT2D eigenvalue weighted by Gasteiger charge is 2.47. The number of halogens is 5. The highest BCUT2D eigenvalue weighted by atomic mass is 127. The zero-order valence-corrected chi connectivity index (χ0v) is 17.1. The van der Waals surface area contributed by atoms with E-state index in [-0.39, 0.29) is 26.5 Å². The molecule has 0 bridgehead atoms. The van der Waals surface area contributed by atoms with Gasteiger partial charge in [-0.1, -0.05) is 11.3 Å². The number of nitrogens with one attached hydrogen (secondary N) is 2. The second-order valence-corrected chi connectivity index (χ2v) is 9.21. The maximum atomic E-state index is 14.1. The number of thiophene rings is 1. The molecule has 0 atom stereocenters. The number of benzene rings is 1. The molecule has 2 heterocycles. The molecule has 0 unspecified atom stereocenters. The molecule has 0 radical (unpaired) electrons. The lowest BCUT2D eigenvalue weighted by atomic mass is 10.2. The largest absolute Gasteiger partial charge is 0.516 e. The summed E-state index contributed by atoms with van der Waals surface area (Å²) in [7, 11) is -5.91. The van der Waals surface area contributed by atoms with Gasteiger partial charge in [0.1, 0.15) is 15.6 Å². The summed E-state index contributed by atoms with van der Waals surface area (Å²) in [6.45, 7) is 0. The number of aromatic nitrogens is 1. The fourth-order valence-corrected chi connectivity index (χ4v) is 4.16. The SMILES string of the molecule is O=C(NS(=O)(=O)C(F)(F)F)c1c(Nc2ccc(I)cc2F)sc2ncccc12. The maximum absolute atomic E-state index is 14.1. The Morgan fingerprint density at radius 1 is 1.21 bits per heavy atom. The standard InChI is InChI=1S/C15H8F4IN3O3S2/c16-9-6-7(20)3-4-10(9)22-14-11(8-2-1-5-21-13(8)27-14)12(24)23-28(25,26)15(17,18)19/h1-6,22H,(H,23,24). The molecule has 0 aliphatic carbocycles. The van der Waals surface area contributed by atoms with Crippen molar-refractivity contribution in [2.24, 2.45) is 0 Å². The number of hydrogen-bond donors (Lipinski definition) is 2. The van der Waals surface area contributed by atoms with Crippen LogP contribution in [-0.4, -0.2) is 24.8 Å². The van der Waals surface area contributed by atoms with Crippen LogP contribution >= 0.6 is 33.9 Å². The molecule has 148 valence electrons. The third-order valence-electron chi connectivity index (χ3n) is 3.40. The first-order valence-electron chi connectivity index (χ1n) is 7.22. The van der Waals surface area contributed by atoms with Crippen LogP contribution in [0.15, 0.2) is 36.5 Å². The van der Waals surface area contributed by atoms with Crippen LogP contribution in [0.1, 0.15) is 10.4 Å². The molecule has 0 saturated heterocycles. The van der Waals surface area contributed by atoms with Gasteiger partial charge in [0.05, 0.1) is 11.3 Å². The lowest BCUT2D eigenvalue weighted by Gasteiger charge is -2.11. The molecule has 3 aromatic rings. The number of sulfonamides is 1. The fourth-order valence-electron chi connectivity index (χ4n) is 2.19. The normalized spacial score (nSPS) is 12.2. The number of carbonyl (C=O) groups is 1. The quantitative estimate of drug-likeness (QED) is 0.376. The maximum Gasteiger partial charge on any atom is 0.516 e. The Bertz CT molecular complexity index is 1180. The van der Waals surface area contributed by atoms with Gasteiger partial charge in [-0.05, 0) is 52.9 Å². The Morgan fingerprint density at radius 2 is 1.93 bits per heavy atom. The predicted octanol–water partition coefficient (Wildman–Crippen LogP) is 4.36. The highest BCUT2D eigenvalue weighted by Crippen LogP contribution is 2.37. The van der Waals surface area contributed by atoms with Crippen molar-refractivity contribution in [1.29, 1.82) is 0 Å². The zero-order chi connectivity index (χ0) is 20.7. The molecule has 1 amide bonds. The molecule has 1 aromatic carbocycles. The summed E-state index contributed by atoms with van der Waals surface area (Å²) >= 11 is 2.76. The molecular formula is C15H8F4IN3O3S2. The minimum Gasteiger partial charge on any atom is -0.344 e. The lowest BCUT2D eigenvalue weighted by molar-refractivity contribution is -0.0446. The van der Waals surface area contributed by atoms with Crippen LogP contribution in [0.2, 0.25) is 0 Å². The molecule has 6 nitrogen and oxygen atoms in total. The molecule has 0 aliphatic rings. The summed E-state index contributed by atoms with van der Waals surface area (Å²) in [5.41, 5.74) is -6.10. The van der Waals surface area contributed by atoms with E-state index in [0.717, 1.165) is 16.1 Å². The van der Waals surface area contributed by atoms with Crippen molar-refractivity contribution in [3.63, 3.8) is 0 Å². The van der Waals surface area contributed by atoms with Crippen LogP contribution in [0.4, 0.5) is 28.3 Å². The molecule has 2 aromatic heterocycles. The highest BCUT2D eigenvalue weighted by molar-refractivity contribution is 14.1. The number of carbonyl (C=O) groups excluding carboxylic acids is 1. The van der Waals surface area contributed by atoms with Gasteiger partial charge in [0, 0.05) is 15.2 Å². The van der Waals surface area contributed by atoms with Gasteiger partial charge in [-0.2, -0.15) is 21.6 Å². The minimum absolute atomic E-state index is 0.0419. The summed E-state index contributed by atoms with van der Waals surface area (Å²) in [6, 6.07) is 6.99. The Labute approximate surface area is 173 Å². The van der Waals surface area contributed by atoms with Crippen molar-refractivity contribution in [2.45, 2.75) is 5.51 Å². The molecule has 3 rings (SSSR count). The third kappa shape index (κ3) is 4.05. The number of nitrogens with zero attached hydrogens (tertiary/aromatic N) is 1. The first-order valence-corrected chi connectivity index (χ1v) is 10.6. The van der Waals surface area contributed by atoms with Gasteiger partial charge in [-0.3, -0.25) is 4.79 Å². The van der Waals surface area contributed by atoms with E-state index < -0.39 is 27.3 Å². The van der Waals surface area contributed by atoms with Gasteiger partial charge in [0.25, 0.3) is 5.91 Å². The number of rotatable bonds is 4. The van der Waals surface area contributed by atoms with E-state index in [1.54, 1.807) is 6.07 Å². The van der Waals surface area contributed by atoms with Crippen LogP contribution in [0.3, 0.4) is 0 Å². The fraction of sp³-hybridized carbons (Fsp3) is 0.0667. The first-order chi connectivity index (χ1) is 13.0. The number of pyridine rings is 1. The second kappa shape index (κ2) is 7.44. The van der Waals surface area contributed by atoms with E-state index in [4.69, 9.17) is 0 Å². The van der Waals surface area contributed by atoms with E-state index >= 15 is 0 Å². The van der Waals surface area contributed by atoms with Gasteiger partial charge in [0.15, 0.2) is 0 Å². The van der Waals surface area contributed by atoms with Crippen molar-refractivity contribution in [3.05, 3.63) is 51.5 Å². The van der Waals surface area contributed by atoms with Crippen LogP contribution in [0, 0.1) is 9.39 Å². The van der Waals surface area contributed by atoms with Gasteiger partial charge >= 0.3 is 15.5 Å². The molecule has 0 fully saturated rings. The lowest BCUT2D eigenvalue weighted by Crippen LogP contribution is -2.40. The molecule has 0 saturated carbocycles. The number of fused-ring (bicyclic) bond motifs is 1.